The summed E-state index contributed by atoms with van der Waals surface area (Å²) >= 11 is 0. The number of piperidine rings is 1. The standard InChI is InChI=1S/C36H44N4O2/c41-35-16-7-3-1-2-4-8-19-39-21-15-29(34(24-39)23-36-17-13-25(42-36)10-9-20-40(36)33(34)35)28(22-35)31-32-27(14-18-37-31)26-11-5-6-12-30(26)38-32/h1,3,5-6,11-12,14,18,22,25,29,33,38,41H,2,4,7-10,13,15-17,19-21,23-24H2/b3-1-/t25?,29?,33?,34-,35-,36?/m0/s1. The third-order valence-electron chi connectivity index (χ3n) is 12.0. The minimum absolute atomic E-state index is 0.0643. The van der Waals surface area contributed by atoms with E-state index in [1.807, 2.05) is 6.20 Å². The molecule has 5 bridgehead atoms. The highest BCUT2D eigenvalue weighted by atomic mass is 16.5. The first-order chi connectivity index (χ1) is 20.6. The maximum atomic E-state index is 13.2. The molecule has 6 aliphatic rings. The van der Waals surface area contributed by atoms with Crippen LogP contribution in [0.5, 0.6) is 0 Å². The Morgan fingerprint density at radius 2 is 1.86 bits per heavy atom. The fraction of sp³-hybridized carbons (Fsp3) is 0.583. The summed E-state index contributed by atoms with van der Waals surface area (Å²) in [6, 6.07) is 10.8. The van der Waals surface area contributed by atoms with Crippen molar-refractivity contribution in [2.24, 2.45) is 11.3 Å². The van der Waals surface area contributed by atoms with Gasteiger partial charge in [0.15, 0.2) is 0 Å². The Morgan fingerprint density at radius 3 is 2.83 bits per heavy atom. The molecule has 6 nitrogen and oxygen atoms in total. The van der Waals surface area contributed by atoms with E-state index in [0.717, 1.165) is 101 Å². The number of nitrogens with zero attached hydrogens (tertiary/aromatic N) is 3. The smallest absolute Gasteiger partial charge is 0.123 e. The zero-order valence-corrected chi connectivity index (χ0v) is 24.7. The number of para-hydroxylation sites is 1. The number of H-pyrrole nitrogens is 1. The van der Waals surface area contributed by atoms with E-state index in [4.69, 9.17) is 9.72 Å². The van der Waals surface area contributed by atoms with Crippen molar-refractivity contribution in [2.45, 2.75) is 94.1 Å². The Kier molecular flexibility index (Phi) is 5.86. The van der Waals surface area contributed by atoms with Crippen LogP contribution in [0.4, 0.5) is 0 Å². The lowest BCUT2D eigenvalue weighted by Gasteiger charge is -2.58. The first-order valence-electron chi connectivity index (χ1n) is 16.7. The van der Waals surface area contributed by atoms with Crippen LogP contribution < -0.4 is 0 Å². The monoisotopic (exact) mass is 564 g/mol. The first-order valence-corrected chi connectivity index (χ1v) is 16.7. The third-order valence-corrected chi connectivity index (χ3v) is 12.0. The molecule has 2 N–H and O–H groups in total. The molecule has 0 radical (unpaired) electrons. The molecular formula is C36H44N4O2. The number of ether oxygens (including phenoxy) is 1. The van der Waals surface area contributed by atoms with Crippen LogP contribution in [0.1, 0.15) is 76.3 Å². The summed E-state index contributed by atoms with van der Waals surface area (Å²) in [6.07, 6.45) is 21.3. The number of fused-ring (bicyclic) bond motifs is 5. The molecule has 4 saturated heterocycles. The topological polar surface area (TPSA) is 64.6 Å². The van der Waals surface area contributed by atoms with E-state index in [1.165, 1.54) is 29.2 Å². The number of aliphatic hydroxyl groups is 1. The molecule has 0 amide bonds. The van der Waals surface area contributed by atoms with E-state index in [1.54, 1.807) is 0 Å². The minimum atomic E-state index is -0.946. The van der Waals surface area contributed by atoms with Crippen LogP contribution in [0.15, 0.2) is 54.8 Å². The maximum absolute atomic E-state index is 13.2. The van der Waals surface area contributed by atoms with Crippen LogP contribution in [0.25, 0.3) is 27.4 Å². The molecular weight excluding hydrogens is 520 g/mol. The van der Waals surface area contributed by atoms with Gasteiger partial charge in [-0.2, -0.15) is 0 Å². The molecule has 4 fully saturated rings. The van der Waals surface area contributed by atoms with Gasteiger partial charge in [-0.1, -0.05) is 30.4 Å². The zero-order valence-electron chi connectivity index (χ0n) is 24.7. The largest absolute Gasteiger partial charge is 0.384 e. The van der Waals surface area contributed by atoms with Crippen molar-refractivity contribution in [1.29, 1.82) is 0 Å². The number of benzene rings is 1. The fourth-order valence-electron chi connectivity index (χ4n) is 10.6. The van der Waals surface area contributed by atoms with Crippen molar-refractivity contribution in [3.05, 3.63) is 60.5 Å². The third kappa shape index (κ3) is 3.68. The number of aromatic nitrogens is 2. The Hall–Kier alpha value is -2.51. The van der Waals surface area contributed by atoms with Gasteiger partial charge in [-0.3, -0.25) is 9.88 Å². The van der Waals surface area contributed by atoms with Gasteiger partial charge in [-0.25, -0.2) is 0 Å². The van der Waals surface area contributed by atoms with E-state index >= 15 is 0 Å². The second-order valence-corrected chi connectivity index (χ2v) is 14.3. The Bertz CT molecular complexity index is 1590. The number of hydrogen-bond acceptors (Lipinski definition) is 5. The molecule has 2 spiro atoms. The van der Waals surface area contributed by atoms with Crippen LogP contribution in [-0.2, 0) is 4.74 Å². The maximum Gasteiger partial charge on any atom is 0.123 e. The number of hydrogen-bond donors (Lipinski definition) is 2. The molecule has 5 unspecified atom stereocenters. The molecule has 5 aliphatic heterocycles. The molecule has 2 aromatic heterocycles. The van der Waals surface area contributed by atoms with Gasteiger partial charge >= 0.3 is 0 Å². The Morgan fingerprint density at radius 1 is 0.929 bits per heavy atom. The summed E-state index contributed by atoms with van der Waals surface area (Å²) < 4.78 is 7.08. The molecule has 0 saturated carbocycles. The molecule has 6 heteroatoms. The molecule has 3 aromatic rings. The van der Waals surface area contributed by atoms with Crippen LogP contribution in [0.3, 0.4) is 0 Å². The van der Waals surface area contributed by atoms with Crippen LogP contribution in [0.2, 0.25) is 0 Å². The lowest BCUT2D eigenvalue weighted by atomic mass is 9.54. The molecule has 9 rings (SSSR count). The van der Waals surface area contributed by atoms with Gasteiger partial charge in [0.1, 0.15) is 5.72 Å². The summed E-state index contributed by atoms with van der Waals surface area (Å²) in [5.74, 6) is 0.341. The summed E-state index contributed by atoms with van der Waals surface area (Å²) in [4.78, 5) is 14.3. The van der Waals surface area contributed by atoms with Gasteiger partial charge in [-0.15, -0.1) is 0 Å². The number of pyridine rings is 1. The van der Waals surface area contributed by atoms with E-state index in [0.29, 0.717) is 12.0 Å². The van der Waals surface area contributed by atoms with Gasteiger partial charge < -0.3 is 19.7 Å². The second-order valence-electron chi connectivity index (χ2n) is 14.3. The average Bonchev–Trinajstić information content (AvgIpc) is 3.61. The van der Waals surface area contributed by atoms with Gasteiger partial charge in [-0.05, 0) is 113 Å². The molecule has 42 heavy (non-hydrogen) atoms. The second kappa shape index (κ2) is 9.49. The first kappa shape index (κ1) is 25.9. The van der Waals surface area contributed by atoms with Gasteiger partial charge in [0.05, 0.1) is 29.0 Å². The van der Waals surface area contributed by atoms with Crippen LogP contribution in [-0.4, -0.2) is 74.5 Å². The summed E-state index contributed by atoms with van der Waals surface area (Å²) in [7, 11) is 0. The van der Waals surface area contributed by atoms with E-state index < -0.39 is 5.60 Å². The summed E-state index contributed by atoms with van der Waals surface area (Å²) in [5.41, 5.74) is 3.32. The van der Waals surface area contributed by atoms with E-state index in [9.17, 15) is 5.11 Å². The normalized spacial score (nSPS) is 40.9. The number of rotatable bonds is 1. The fourth-order valence-corrected chi connectivity index (χ4v) is 10.6. The molecule has 7 atom stereocenters. The van der Waals surface area contributed by atoms with Gasteiger partial charge in [0.25, 0.3) is 0 Å². The highest BCUT2D eigenvalue weighted by molar-refractivity contribution is 6.09. The molecule has 1 aliphatic carbocycles. The number of allylic oxidation sites excluding steroid dienone is 3. The number of nitrogens with one attached hydrogen (secondary N) is 1. The van der Waals surface area contributed by atoms with Crippen LogP contribution in [0, 0.1) is 11.3 Å². The van der Waals surface area contributed by atoms with Gasteiger partial charge in [0.2, 0.25) is 0 Å². The average molecular weight is 565 g/mol. The minimum Gasteiger partial charge on any atom is -0.384 e. The van der Waals surface area contributed by atoms with Crippen molar-refractivity contribution in [2.75, 3.05) is 26.2 Å². The van der Waals surface area contributed by atoms with Crippen molar-refractivity contribution in [1.82, 2.24) is 19.8 Å². The van der Waals surface area contributed by atoms with Crippen LogP contribution >= 0.6 is 0 Å². The SMILES string of the molecule is O[C@]12C=C(c3nccc4c3[nH]c3ccccc34)C3CCN(CCCC/C=C\CC1)C[C@@]31CC34CCC(CCCN3C12)O4. The predicted molar refractivity (Wildman–Crippen MR) is 167 cm³/mol. The van der Waals surface area contributed by atoms with E-state index in [2.05, 4.69) is 63.3 Å². The summed E-state index contributed by atoms with van der Waals surface area (Å²) in [5, 5.41) is 15.7. The van der Waals surface area contributed by atoms with Crippen molar-refractivity contribution < 1.29 is 9.84 Å². The van der Waals surface area contributed by atoms with Crippen molar-refractivity contribution in [3.63, 3.8) is 0 Å². The van der Waals surface area contributed by atoms with Gasteiger partial charge in [0, 0.05) is 41.0 Å². The Balaban J connectivity index is 1.27. The molecule has 220 valence electrons. The number of aromatic amines is 1. The Labute approximate surface area is 248 Å². The van der Waals surface area contributed by atoms with E-state index in [-0.39, 0.29) is 17.2 Å². The highest BCUT2D eigenvalue weighted by Crippen LogP contribution is 2.66. The predicted octanol–water partition coefficient (Wildman–Crippen LogP) is 6.42. The van der Waals surface area contributed by atoms with Crippen molar-refractivity contribution >= 4 is 27.4 Å². The molecule has 7 heterocycles. The quantitative estimate of drug-likeness (QED) is 0.334. The molecule has 1 aromatic carbocycles. The van der Waals surface area contributed by atoms with Crippen molar-refractivity contribution in [3.8, 4) is 0 Å². The summed E-state index contributed by atoms with van der Waals surface area (Å²) in [6.45, 7) is 4.35. The zero-order chi connectivity index (χ0) is 27.9. The highest BCUT2D eigenvalue weighted by Gasteiger charge is 2.71. The lowest BCUT2D eigenvalue weighted by Crippen LogP contribution is -2.66. The lowest BCUT2D eigenvalue weighted by molar-refractivity contribution is -0.145.